The number of amides is 1. The molecule has 0 aromatic heterocycles. The van der Waals surface area contributed by atoms with Gasteiger partial charge in [0, 0.05) is 38.2 Å². The number of nitrogens with two attached hydrogens (primary N) is 1. The molecule has 0 unspecified atom stereocenters. The Labute approximate surface area is 120 Å². The molecule has 0 saturated heterocycles. The van der Waals surface area contributed by atoms with Crippen molar-refractivity contribution in [1.82, 2.24) is 5.32 Å². The van der Waals surface area contributed by atoms with Crippen LogP contribution in [0.25, 0.3) is 0 Å². The van der Waals surface area contributed by atoms with Gasteiger partial charge in [-0.1, -0.05) is 6.07 Å². The highest BCUT2D eigenvalue weighted by atomic mass is 16.5. The predicted molar refractivity (Wildman–Crippen MR) is 81.0 cm³/mol. The first-order chi connectivity index (χ1) is 9.61. The van der Waals surface area contributed by atoms with E-state index in [0.717, 1.165) is 36.3 Å². The van der Waals surface area contributed by atoms with Gasteiger partial charge in [-0.2, -0.15) is 0 Å². The molecular weight excluding hydrogens is 254 g/mol. The smallest absolute Gasteiger partial charge is 0.239 e. The number of methoxy groups -OCH3 is 1. The lowest BCUT2D eigenvalue weighted by molar-refractivity contribution is -0.119. The zero-order valence-corrected chi connectivity index (χ0v) is 12.2. The maximum atomic E-state index is 11.9. The van der Waals surface area contributed by atoms with Crippen molar-refractivity contribution in [1.29, 1.82) is 0 Å². The van der Waals surface area contributed by atoms with E-state index in [1.165, 1.54) is 5.56 Å². The van der Waals surface area contributed by atoms with E-state index in [-0.39, 0.29) is 5.91 Å². The normalized spacial score (nSPS) is 13.4. The van der Waals surface area contributed by atoms with Crippen LogP contribution in [0.2, 0.25) is 0 Å². The maximum absolute atomic E-state index is 11.9. The molecule has 3 N–H and O–H groups in total. The molecule has 1 aliphatic rings. The molecule has 1 amide bonds. The Bertz CT molecular complexity index is 488. The van der Waals surface area contributed by atoms with E-state index >= 15 is 0 Å². The number of carbonyl (C=O) groups is 1. The number of hydrogen-bond acceptors (Lipinski definition) is 4. The molecule has 0 saturated carbocycles. The summed E-state index contributed by atoms with van der Waals surface area (Å²) in [5, 5.41) is 2.91. The van der Waals surface area contributed by atoms with Crippen LogP contribution >= 0.6 is 0 Å². The van der Waals surface area contributed by atoms with Gasteiger partial charge < -0.3 is 20.7 Å². The average Bonchev–Trinajstić information content (AvgIpc) is 2.78. The van der Waals surface area contributed by atoms with Crippen LogP contribution in [0.4, 0.5) is 11.4 Å². The van der Waals surface area contributed by atoms with Crippen LogP contribution in [0.15, 0.2) is 12.1 Å². The number of hydrogen-bond donors (Lipinski definition) is 2. The molecule has 0 aliphatic carbocycles. The Hall–Kier alpha value is -1.75. The standard InChI is InChI=1S/C15H23N3O2/c1-11-8-12-4-6-18(14(12)9-13(11)16)10-15(19)17-5-3-7-20-2/h8-9H,3-7,10,16H2,1-2H3,(H,17,19). The molecule has 1 aliphatic heterocycles. The van der Waals surface area contributed by atoms with E-state index in [9.17, 15) is 4.79 Å². The molecule has 110 valence electrons. The summed E-state index contributed by atoms with van der Waals surface area (Å²) in [4.78, 5) is 14.0. The fraction of sp³-hybridized carbons (Fsp3) is 0.533. The molecule has 0 spiro atoms. The van der Waals surface area contributed by atoms with Crippen molar-refractivity contribution in [2.45, 2.75) is 19.8 Å². The number of carbonyl (C=O) groups excluding carboxylic acids is 1. The Morgan fingerprint density at radius 1 is 1.50 bits per heavy atom. The Morgan fingerprint density at radius 2 is 2.30 bits per heavy atom. The van der Waals surface area contributed by atoms with Gasteiger partial charge in [0.1, 0.15) is 0 Å². The van der Waals surface area contributed by atoms with Crippen LogP contribution in [-0.4, -0.2) is 39.3 Å². The van der Waals surface area contributed by atoms with Gasteiger partial charge in [-0.05, 0) is 37.0 Å². The van der Waals surface area contributed by atoms with E-state index in [1.54, 1.807) is 7.11 Å². The topological polar surface area (TPSA) is 67.6 Å². The highest BCUT2D eigenvalue weighted by Crippen LogP contribution is 2.31. The number of nitrogens with one attached hydrogen (secondary N) is 1. The third kappa shape index (κ3) is 3.42. The van der Waals surface area contributed by atoms with E-state index in [4.69, 9.17) is 10.5 Å². The number of aryl methyl sites for hydroxylation is 1. The summed E-state index contributed by atoms with van der Waals surface area (Å²) in [7, 11) is 1.66. The van der Waals surface area contributed by atoms with Crippen molar-refractivity contribution < 1.29 is 9.53 Å². The number of benzene rings is 1. The summed E-state index contributed by atoms with van der Waals surface area (Å²) in [6.07, 6.45) is 1.82. The number of fused-ring (bicyclic) bond motifs is 1. The molecule has 2 rings (SSSR count). The second-order valence-electron chi connectivity index (χ2n) is 5.21. The molecule has 0 bridgehead atoms. The zero-order valence-electron chi connectivity index (χ0n) is 12.2. The summed E-state index contributed by atoms with van der Waals surface area (Å²) in [6, 6.07) is 4.11. The van der Waals surface area contributed by atoms with Crippen LogP contribution in [0.3, 0.4) is 0 Å². The molecule has 5 nitrogen and oxygen atoms in total. The lowest BCUT2D eigenvalue weighted by Crippen LogP contribution is -2.37. The monoisotopic (exact) mass is 277 g/mol. The number of anilines is 2. The first-order valence-electron chi connectivity index (χ1n) is 7.01. The van der Waals surface area contributed by atoms with Crippen molar-refractivity contribution >= 4 is 17.3 Å². The van der Waals surface area contributed by atoms with Gasteiger partial charge in [0.25, 0.3) is 0 Å². The molecule has 1 aromatic rings. The fourth-order valence-electron chi connectivity index (χ4n) is 2.48. The van der Waals surface area contributed by atoms with Crippen LogP contribution in [0.1, 0.15) is 17.5 Å². The molecular formula is C15H23N3O2. The number of rotatable bonds is 6. The van der Waals surface area contributed by atoms with Crippen LogP contribution < -0.4 is 16.0 Å². The first-order valence-corrected chi connectivity index (χ1v) is 7.01. The minimum Gasteiger partial charge on any atom is -0.398 e. The third-order valence-corrected chi connectivity index (χ3v) is 3.64. The molecule has 1 heterocycles. The highest BCUT2D eigenvalue weighted by molar-refractivity contribution is 5.83. The van der Waals surface area contributed by atoms with Gasteiger partial charge in [-0.3, -0.25) is 4.79 Å². The number of nitrogen functional groups attached to an aromatic ring is 1. The molecule has 5 heteroatoms. The largest absolute Gasteiger partial charge is 0.398 e. The Kier molecular flexibility index (Phi) is 4.84. The first kappa shape index (κ1) is 14.7. The summed E-state index contributed by atoms with van der Waals surface area (Å²) >= 11 is 0. The Morgan fingerprint density at radius 3 is 3.05 bits per heavy atom. The second kappa shape index (κ2) is 6.61. The third-order valence-electron chi connectivity index (χ3n) is 3.64. The predicted octanol–water partition coefficient (Wildman–Crippen LogP) is 1.09. The average molecular weight is 277 g/mol. The quantitative estimate of drug-likeness (QED) is 0.603. The van der Waals surface area contributed by atoms with Crippen LogP contribution in [-0.2, 0) is 16.0 Å². The summed E-state index contributed by atoms with van der Waals surface area (Å²) in [5.41, 5.74) is 10.2. The van der Waals surface area contributed by atoms with Gasteiger partial charge in [0.2, 0.25) is 5.91 Å². The van der Waals surface area contributed by atoms with Crippen molar-refractivity contribution in [2.75, 3.05) is 44.0 Å². The summed E-state index contributed by atoms with van der Waals surface area (Å²) in [5.74, 6) is 0.0492. The molecule has 1 aromatic carbocycles. The number of ether oxygens (including phenoxy) is 1. The van der Waals surface area contributed by atoms with Crippen LogP contribution in [0.5, 0.6) is 0 Å². The van der Waals surface area contributed by atoms with E-state index < -0.39 is 0 Å². The molecule has 0 radical (unpaired) electrons. The van der Waals surface area contributed by atoms with Gasteiger partial charge >= 0.3 is 0 Å². The van der Waals surface area contributed by atoms with E-state index in [1.807, 2.05) is 13.0 Å². The van der Waals surface area contributed by atoms with Crippen molar-refractivity contribution in [2.24, 2.45) is 0 Å². The number of nitrogens with zero attached hydrogens (tertiary/aromatic N) is 1. The minimum atomic E-state index is 0.0492. The minimum absolute atomic E-state index is 0.0492. The highest BCUT2D eigenvalue weighted by Gasteiger charge is 2.21. The van der Waals surface area contributed by atoms with E-state index in [0.29, 0.717) is 19.7 Å². The van der Waals surface area contributed by atoms with Gasteiger partial charge in [-0.15, -0.1) is 0 Å². The molecule has 0 atom stereocenters. The van der Waals surface area contributed by atoms with Gasteiger partial charge in [0.15, 0.2) is 0 Å². The lowest BCUT2D eigenvalue weighted by Gasteiger charge is -2.19. The van der Waals surface area contributed by atoms with Crippen molar-refractivity contribution in [3.8, 4) is 0 Å². The second-order valence-corrected chi connectivity index (χ2v) is 5.21. The van der Waals surface area contributed by atoms with Crippen molar-refractivity contribution in [3.63, 3.8) is 0 Å². The van der Waals surface area contributed by atoms with E-state index in [2.05, 4.69) is 16.3 Å². The van der Waals surface area contributed by atoms with Crippen LogP contribution in [0, 0.1) is 6.92 Å². The maximum Gasteiger partial charge on any atom is 0.239 e. The summed E-state index contributed by atoms with van der Waals surface area (Å²) in [6.45, 7) is 4.61. The fourth-order valence-corrected chi connectivity index (χ4v) is 2.48. The summed E-state index contributed by atoms with van der Waals surface area (Å²) < 4.78 is 4.95. The van der Waals surface area contributed by atoms with Crippen molar-refractivity contribution in [3.05, 3.63) is 23.3 Å². The lowest BCUT2D eigenvalue weighted by atomic mass is 10.1. The Balaban J connectivity index is 1.90. The SMILES string of the molecule is COCCCNC(=O)CN1CCc2cc(C)c(N)cc21. The molecule has 0 fully saturated rings. The van der Waals surface area contributed by atoms with Gasteiger partial charge in [-0.25, -0.2) is 0 Å². The molecule has 20 heavy (non-hydrogen) atoms. The van der Waals surface area contributed by atoms with Gasteiger partial charge in [0.05, 0.1) is 6.54 Å². The zero-order chi connectivity index (χ0) is 14.5.